The van der Waals surface area contributed by atoms with Crippen LogP contribution in [-0.4, -0.2) is 48.2 Å². The number of anilines is 1. The summed E-state index contributed by atoms with van der Waals surface area (Å²) in [5, 5.41) is 3.38. The van der Waals surface area contributed by atoms with Crippen LogP contribution < -0.4 is 10.2 Å². The van der Waals surface area contributed by atoms with Crippen LogP contribution >= 0.6 is 0 Å². The van der Waals surface area contributed by atoms with Crippen LogP contribution in [0.3, 0.4) is 0 Å². The van der Waals surface area contributed by atoms with E-state index in [1.807, 2.05) is 55.1 Å². The molecule has 2 aliphatic heterocycles. The van der Waals surface area contributed by atoms with Gasteiger partial charge in [0, 0.05) is 12.2 Å². The van der Waals surface area contributed by atoms with Gasteiger partial charge in [-0.3, -0.25) is 4.79 Å². The fourth-order valence-corrected chi connectivity index (χ4v) is 4.51. The Bertz CT molecular complexity index is 925. The second-order valence-electron chi connectivity index (χ2n) is 8.51. The van der Waals surface area contributed by atoms with Crippen LogP contribution in [0.1, 0.15) is 49.0 Å². The normalized spacial score (nSPS) is 19.0. The van der Waals surface area contributed by atoms with Gasteiger partial charge in [-0.1, -0.05) is 37.3 Å². The second kappa shape index (κ2) is 9.10. The van der Waals surface area contributed by atoms with Gasteiger partial charge in [-0.2, -0.15) is 0 Å². The zero-order valence-corrected chi connectivity index (χ0v) is 18.3. The van der Waals surface area contributed by atoms with Gasteiger partial charge in [0.15, 0.2) is 0 Å². The van der Waals surface area contributed by atoms with Crippen molar-refractivity contribution in [2.45, 2.75) is 51.3 Å². The van der Waals surface area contributed by atoms with Crippen molar-refractivity contribution >= 4 is 17.6 Å². The molecular formula is C25H31N3O3. The number of nitrogens with zero attached hydrogens (tertiary/aromatic N) is 2. The predicted molar refractivity (Wildman–Crippen MR) is 121 cm³/mol. The van der Waals surface area contributed by atoms with E-state index in [0.717, 1.165) is 43.6 Å². The number of amides is 1. The number of carbonyl (C=O) groups is 2. The number of piperidine rings is 1. The minimum absolute atomic E-state index is 0.115. The summed E-state index contributed by atoms with van der Waals surface area (Å²) >= 11 is 0. The van der Waals surface area contributed by atoms with E-state index in [0.29, 0.717) is 18.8 Å². The third-order valence-corrected chi connectivity index (χ3v) is 6.43. The number of carbonyl (C=O) groups excluding carboxylic acids is 2. The summed E-state index contributed by atoms with van der Waals surface area (Å²) in [6.07, 6.45) is 2.24. The van der Waals surface area contributed by atoms with Crippen LogP contribution in [0, 0.1) is 0 Å². The molecular weight excluding hydrogens is 390 g/mol. The Kier molecular flexibility index (Phi) is 6.28. The lowest BCUT2D eigenvalue weighted by molar-refractivity contribution is -0.133. The first-order valence-corrected chi connectivity index (χ1v) is 11.2. The Hall–Kier alpha value is -2.86. The van der Waals surface area contributed by atoms with Gasteiger partial charge in [-0.15, -0.1) is 0 Å². The molecule has 0 aliphatic carbocycles. The van der Waals surface area contributed by atoms with Crippen molar-refractivity contribution in [3.8, 4) is 0 Å². The fourth-order valence-electron chi connectivity index (χ4n) is 4.51. The van der Waals surface area contributed by atoms with E-state index in [1.54, 1.807) is 6.07 Å². The van der Waals surface area contributed by atoms with E-state index in [9.17, 15) is 9.59 Å². The van der Waals surface area contributed by atoms with Crippen LogP contribution in [0.2, 0.25) is 0 Å². The van der Waals surface area contributed by atoms with E-state index < -0.39 is 5.54 Å². The maximum Gasteiger partial charge on any atom is 0.338 e. The standard InChI is InChI=1S/C25H31N3O3/c1-3-19(2)31-23(29)21-9-7-8-20(16-21)17-27-18-28(22-10-5-4-6-11-22)25(24(27)30)12-14-26-15-13-25/h4-11,16,19,26H,3,12-15,17-18H2,1-2H3/t19-/m0/s1. The Morgan fingerprint density at radius 2 is 1.87 bits per heavy atom. The Morgan fingerprint density at radius 1 is 1.13 bits per heavy atom. The molecule has 1 N–H and O–H groups in total. The molecule has 6 nitrogen and oxygen atoms in total. The average molecular weight is 422 g/mol. The maximum absolute atomic E-state index is 13.6. The maximum atomic E-state index is 13.6. The molecule has 31 heavy (non-hydrogen) atoms. The number of hydrogen-bond acceptors (Lipinski definition) is 5. The summed E-state index contributed by atoms with van der Waals surface area (Å²) in [6, 6.07) is 17.6. The van der Waals surface area contributed by atoms with Crippen molar-refractivity contribution in [3.63, 3.8) is 0 Å². The van der Waals surface area contributed by atoms with Crippen molar-refractivity contribution in [2.24, 2.45) is 0 Å². The first-order valence-electron chi connectivity index (χ1n) is 11.2. The van der Waals surface area contributed by atoms with Crippen molar-refractivity contribution in [1.82, 2.24) is 10.2 Å². The van der Waals surface area contributed by atoms with E-state index in [2.05, 4.69) is 22.3 Å². The molecule has 0 unspecified atom stereocenters. The third kappa shape index (κ3) is 4.30. The summed E-state index contributed by atoms with van der Waals surface area (Å²) in [5.74, 6) is -0.143. The molecule has 2 saturated heterocycles. The van der Waals surface area contributed by atoms with Gasteiger partial charge in [-0.05, 0) is 69.1 Å². The highest BCUT2D eigenvalue weighted by molar-refractivity contribution is 5.94. The summed E-state index contributed by atoms with van der Waals surface area (Å²) in [7, 11) is 0. The molecule has 0 radical (unpaired) electrons. The van der Waals surface area contributed by atoms with Crippen molar-refractivity contribution < 1.29 is 14.3 Å². The van der Waals surface area contributed by atoms with Gasteiger partial charge in [0.25, 0.3) is 0 Å². The molecule has 1 atom stereocenters. The number of benzene rings is 2. The summed E-state index contributed by atoms with van der Waals surface area (Å²) in [6.45, 7) is 6.57. The minimum Gasteiger partial charge on any atom is -0.459 e. The molecule has 164 valence electrons. The zero-order chi connectivity index (χ0) is 21.8. The van der Waals surface area contributed by atoms with Crippen molar-refractivity contribution in [2.75, 3.05) is 24.7 Å². The number of rotatable bonds is 6. The number of para-hydroxylation sites is 1. The van der Waals surface area contributed by atoms with E-state index in [1.165, 1.54) is 0 Å². The molecule has 2 aromatic rings. The van der Waals surface area contributed by atoms with Gasteiger partial charge < -0.3 is 19.9 Å². The monoisotopic (exact) mass is 421 g/mol. The molecule has 0 aromatic heterocycles. The molecule has 2 fully saturated rings. The van der Waals surface area contributed by atoms with Crippen LogP contribution in [0.5, 0.6) is 0 Å². The number of nitrogens with one attached hydrogen (secondary N) is 1. The number of esters is 1. The highest BCUT2D eigenvalue weighted by atomic mass is 16.5. The molecule has 2 heterocycles. The largest absolute Gasteiger partial charge is 0.459 e. The Morgan fingerprint density at radius 3 is 2.58 bits per heavy atom. The highest BCUT2D eigenvalue weighted by Gasteiger charge is 2.52. The lowest BCUT2D eigenvalue weighted by Gasteiger charge is -2.40. The number of ether oxygens (including phenoxy) is 1. The molecule has 1 spiro atoms. The minimum atomic E-state index is -0.500. The Balaban J connectivity index is 1.56. The fraction of sp³-hybridized carbons (Fsp3) is 0.440. The average Bonchev–Trinajstić information content (AvgIpc) is 3.06. The van der Waals surface area contributed by atoms with Crippen molar-refractivity contribution in [1.29, 1.82) is 0 Å². The third-order valence-electron chi connectivity index (χ3n) is 6.43. The zero-order valence-electron chi connectivity index (χ0n) is 18.3. The highest BCUT2D eigenvalue weighted by Crippen LogP contribution is 2.38. The van der Waals surface area contributed by atoms with Gasteiger partial charge in [-0.25, -0.2) is 4.79 Å². The Labute approximate surface area is 184 Å². The molecule has 1 amide bonds. The molecule has 0 bridgehead atoms. The van der Waals surface area contributed by atoms with Crippen LogP contribution in [0.25, 0.3) is 0 Å². The molecule has 0 saturated carbocycles. The van der Waals surface area contributed by atoms with E-state index in [4.69, 9.17) is 4.74 Å². The summed E-state index contributed by atoms with van der Waals surface area (Å²) in [5.41, 5.74) is 2.04. The predicted octanol–water partition coefficient (Wildman–Crippen LogP) is 3.57. The first kappa shape index (κ1) is 21.4. The first-order chi connectivity index (χ1) is 15.0. The SMILES string of the molecule is CC[C@H](C)OC(=O)c1cccc(CN2CN(c3ccccc3)C3(CCNCC3)C2=O)c1. The topological polar surface area (TPSA) is 61.9 Å². The van der Waals surface area contributed by atoms with Crippen LogP contribution in [-0.2, 0) is 16.1 Å². The van der Waals surface area contributed by atoms with E-state index >= 15 is 0 Å². The lowest BCUT2D eigenvalue weighted by Crippen LogP contribution is -2.55. The smallest absolute Gasteiger partial charge is 0.338 e. The molecule has 2 aliphatic rings. The van der Waals surface area contributed by atoms with Gasteiger partial charge in [0.05, 0.1) is 18.3 Å². The van der Waals surface area contributed by atoms with Gasteiger partial charge >= 0.3 is 5.97 Å². The van der Waals surface area contributed by atoms with Crippen LogP contribution in [0.4, 0.5) is 5.69 Å². The van der Waals surface area contributed by atoms with Crippen LogP contribution in [0.15, 0.2) is 54.6 Å². The van der Waals surface area contributed by atoms with E-state index in [-0.39, 0.29) is 18.0 Å². The quantitative estimate of drug-likeness (QED) is 0.723. The van der Waals surface area contributed by atoms with Gasteiger partial charge in [0.2, 0.25) is 5.91 Å². The summed E-state index contributed by atoms with van der Waals surface area (Å²) in [4.78, 5) is 30.2. The second-order valence-corrected chi connectivity index (χ2v) is 8.51. The lowest BCUT2D eigenvalue weighted by atomic mass is 9.86. The molecule has 6 heteroatoms. The van der Waals surface area contributed by atoms with Crippen molar-refractivity contribution in [3.05, 3.63) is 65.7 Å². The molecule has 2 aromatic carbocycles. The van der Waals surface area contributed by atoms with Gasteiger partial charge in [0.1, 0.15) is 5.54 Å². The molecule has 4 rings (SSSR count). The number of hydrogen-bond donors (Lipinski definition) is 1. The summed E-state index contributed by atoms with van der Waals surface area (Å²) < 4.78 is 5.46.